The molecule has 1 atom stereocenters. The number of thioether (sulfide) groups is 1. The van der Waals surface area contributed by atoms with Gasteiger partial charge in [-0.05, 0) is 30.5 Å². The summed E-state index contributed by atoms with van der Waals surface area (Å²) in [6.07, 6.45) is 0.259. The maximum absolute atomic E-state index is 12.7. The number of carbonyl (C=O) groups is 2. The highest BCUT2D eigenvalue weighted by Gasteiger charge is 2.34. The number of para-hydroxylation sites is 1. The molecule has 1 aliphatic heterocycles. The van der Waals surface area contributed by atoms with Crippen LogP contribution in [0.25, 0.3) is 0 Å². The maximum atomic E-state index is 12.7. The molecule has 0 aliphatic carbocycles. The van der Waals surface area contributed by atoms with Gasteiger partial charge in [0.1, 0.15) is 11.8 Å². The summed E-state index contributed by atoms with van der Waals surface area (Å²) in [7, 11) is 0. The quantitative estimate of drug-likeness (QED) is 0.438. The van der Waals surface area contributed by atoms with Crippen LogP contribution in [0.5, 0.6) is 0 Å². The van der Waals surface area contributed by atoms with Crippen LogP contribution in [0.4, 0.5) is 10.8 Å². The lowest BCUT2D eigenvalue weighted by Gasteiger charge is -2.20. The Morgan fingerprint density at radius 3 is 2.76 bits per heavy atom. The number of rotatable bonds is 7. The van der Waals surface area contributed by atoms with Crippen LogP contribution in [-0.4, -0.2) is 33.6 Å². The topological polar surface area (TPSA) is 87.5 Å². The fourth-order valence-electron chi connectivity index (χ4n) is 2.80. The van der Waals surface area contributed by atoms with Crippen LogP contribution in [-0.2, 0) is 15.3 Å². The Morgan fingerprint density at radius 2 is 2.03 bits per heavy atom. The molecule has 1 amide bonds. The first-order valence-corrected chi connectivity index (χ1v) is 11.5. The minimum absolute atomic E-state index is 0.0384. The standard InChI is InChI=1S/C19H17N5O2S3/c1-12(25)16-10-15(23-24(16)13-6-3-2-4-7-13)17(26)20-18-21-22-19(29-18)28-11-14-8-5-9-27-14/h2-9,16H,10-11H2,1H3,(H,20,21,26)/t16-/m0/s1. The van der Waals surface area contributed by atoms with Crippen molar-refractivity contribution in [3.05, 3.63) is 52.7 Å². The van der Waals surface area contributed by atoms with Crippen LogP contribution < -0.4 is 10.3 Å². The van der Waals surface area contributed by atoms with Crippen molar-refractivity contribution >= 4 is 62.7 Å². The Kier molecular flexibility index (Phi) is 6.02. The highest BCUT2D eigenvalue weighted by atomic mass is 32.2. The number of benzene rings is 1. The van der Waals surface area contributed by atoms with E-state index in [4.69, 9.17) is 0 Å². The van der Waals surface area contributed by atoms with Crippen LogP contribution in [0.1, 0.15) is 18.2 Å². The summed E-state index contributed by atoms with van der Waals surface area (Å²) in [5.74, 6) is 0.420. The molecule has 29 heavy (non-hydrogen) atoms. The number of amides is 1. The Balaban J connectivity index is 1.42. The number of hydrazone groups is 1. The summed E-state index contributed by atoms with van der Waals surface area (Å²) in [5, 5.41) is 19.4. The van der Waals surface area contributed by atoms with Crippen molar-refractivity contribution in [1.82, 2.24) is 10.2 Å². The maximum Gasteiger partial charge on any atom is 0.273 e. The molecular weight excluding hydrogens is 426 g/mol. The molecule has 0 unspecified atom stereocenters. The van der Waals surface area contributed by atoms with Crippen molar-refractivity contribution in [3.8, 4) is 0 Å². The SMILES string of the molecule is CC(=O)[C@@H]1CC(C(=O)Nc2nnc(SCc3cccs3)s2)=NN1c1ccccc1. The molecule has 0 spiro atoms. The number of ketones is 1. The van der Waals surface area contributed by atoms with Crippen molar-refractivity contribution in [2.75, 3.05) is 10.3 Å². The van der Waals surface area contributed by atoms with Gasteiger partial charge in [0.25, 0.3) is 5.91 Å². The fourth-order valence-corrected chi connectivity index (χ4v) is 5.32. The van der Waals surface area contributed by atoms with E-state index in [1.807, 2.05) is 41.8 Å². The molecule has 0 saturated carbocycles. The van der Waals surface area contributed by atoms with Gasteiger partial charge in [0.05, 0.1) is 5.69 Å². The number of hydrogen-bond acceptors (Lipinski definition) is 9. The zero-order chi connectivity index (χ0) is 20.2. The second kappa shape index (κ2) is 8.85. The van der Waals surface area contributed by atoms with E-state index in [-0.39, 0.29) is 18.1 Å². The first kappa shape index (κ1) is 19.7. The average molecular weight is 444 g/mol. The number of anilines is 2. The van der Waals surface area contributed by atoms with Gasteiger partial charge in [-0.25, -0.2) is 0 Å². The first-order valence-electron chi connectivity index (χ1n) is 8.82. The second-order valence-electron chi connectivity index (χ2n) is 6.25. The summed E-state index contributed by atoms with van der Waals surface area (Å²) in [6, 6.07) is 13.0. The van der Waals surface area contributed by atoms with Crippen LogP contribution in [0.2, 0.25) is 0 Å². The van der Waals surface area contributed by atoms with E-state index in [0.717, 1.165) is 15.8 Å². The molecule has 10 heteroatoms. The molecule has 1 aliphatic rings. The van der Waals surface area contributed by atoms with Crippen LogP contribution in [0.15, 0.2) is 57.3 Å². The highest BCUT2D eigenvalue weighted by Crippen LogP contribution is 2.30. The van der Waals surface area contributed by atoms with Gasteiger partial charge in [0.2, 0.25) is 5.13 Å². The Morgan fingerprint density at radius 1 is 1.21 bits per heavy atom. The first-order chi connectivity index (χ1) is 14.1. The molecule has 1 aromatic carbocycles. The van der Waals surface area contributed by atoms with Gasteiger partial charge in [0.15, 0.2) is 10.1 Å². The molecule has 4 rings (SSSR count). The summed E-state index contributed by atoms with van der Waals surface area (Å²) >= 11 is 4.60. The second-order valence-corrected chi connectivity index (χ2v) is 9.48. The van der Waals surface area contributed by atoms with Crippen LogP contribution in [0, 0.1) is 0 Å². The van der Waals surface area contributed by atoms with Crippen LogP contribution >= 0.6 is 34.4 Å². The highest BCUT2D eigenvalue weighted by molar-refractivity contribution is 8.00. The molecule has 0 saturated heterocycles. The molecule has 0 bridgehead atoms. The number of nitrogens with one attached hydrogen (secondary N) is 1. The third-order valence-electron chi connectivity index (χ3n) is 4.21. The average Bonchev–Trinajstić information content (AvgIpc) is 3.47. The lowest BCUT2D eigenvalue weighted by molar-refractivity contribution is -0.118. The van der Waals surface area contributed by atoms with E-state index in [9.17, 15) is 9.59 Å². The summed E-state index contributed by atoms with van der Waals surface area (Å²) < 4.78 is 0.787. The number of hydrogen-bond donors (Lipinski definition) is 1. The monoisotopic (exact) mass is 443 g/mol. The molecule has 0 fully saturated rings. The third kappa shape index (κ3) is 4.72. The van der Waals surface area contributed by atoms with Gasteiger partial charge in [-0.1, -0.05) is 47.4 Å². The lowest BCUT2D eigenvalue weighted by atomic mass is 10.1. The van der Waals surface area contributed by atoms with Crippen molar-refractivity contribution in [2.45, 2.75) is 29.5 Å². The van der Waals surface area contributed by atoms with Crippen molar-refractivity contribution < 1.29 is 9.59 Å². The van der Waals surface area contributed by atoms with Crippen LogP contribution in [0.3, 0.4) is 0 Å². The van der Waals surface area contributed by atoms with E-state index >= 15 is 0 Å². The van der Waals surface area contributed by atoms with Crippen molar-refractivity contribution in [1.29, 1.82) is 0 Å². The summed E-state index contributed by atoms with van der Waals surface area (Å²) in [5.41, 5.74) is 1.08. The summed E-state index contributed by atoms with van der Waals surface area (Å²) in [4.78, 5) is 26.0. The molecule has 7 nitrogen and oxygen atoms in total. The predicted molar refractivity (Wildman–Crippen MR) is 118 cm³/mol. The van der Waals surface area contributed by atoms with Crippen molar-refractivity contribution in [3.63, 3.8) is 0 Å². The van der Waals surface area contributed by atoms with E-state index in [1.165, 1.54) is 23.1 Å². The van der Waals surface area contributed by atoms with Gasteiger partial charge in [-0.2, -0.15) is 5.10 Å². The van der Waals surface area contributed by atoms with Gasteiger partial charge in [-0.15, -0.1) is 21.5 Å². The number of thiophene rings is 1. The van der Waals surface area contributed by atoms with E-state index in [1.54, 1.807) is 28.1 Å². The molecule has 148 valence electrons. The fraction of sp³-hybridized carbons (Fsp3) is 0.211. The smallest absolute Gasteiger partial charge is 0.273 e. The Labute approximate surface area is 179 Å². The lowest BCUT2D eigenvalue weighted by Crippen LogP contribution is -2.33. The number of nitrogens with zero attached hydrogens (tertiary/aromatic N) is 4. The largest absolute Gasteiger partial charge is 0.298 e. The third-order valence-corrected chi connectivity index (χ3v) is 7.29. The van der Waals surface area contributed by atoms with Gasteiger partial charge < -0.3 is 0 Å². The molecule has 0 radical (unpaired) electrons. The van der Waals surface area contributed by atoms with E-state index < -0.39 is 6.04 Å². The van der Waals surface area contributed by atoms with Gasteiger partial charge in [-0.3, -0.25) is 19.9 Å². The predicted octanol–water partition coefficient (Wildman–Crippen LogP) is 4.05. The number of aromatic nitrogens is 2. The van der Waals surface area contributed by atoms with Gasteiger partial charge in [0, 0.05) is 17.1 Å². The van der Waals surface area contributed by atoms with E-state index in [2.05, 4.69) is 26.7 Å². The number of Topliss-reactive ketones (excluding diaryl/α,β-unsaturated/α-hetero) is 1. The molecule has 2 aromatic heterocycles. The number of carbonyl (C=O) groups excluding carboxylic acids is 2. The normalized spacial score (nSPS) is 16.0. The molecule has 3 aromatic rings. The minimum Gasteiger partial charge on any atom is -0.298 e. The summed E-state index contributed by atoms with van der Waals surface area (Å²) in [6.45, 7) is 1.51. The van der Waals surface area contributed by atoms with E-state index in [0.29, 0.717) is 10.8 Å². The minimum atomic E-state index is -0.482. The molecule has 3 heterocycles. The van der Waals surface area contributed by atoms with Gasteiger partial charge >= 0.3 is 0 Å². The zero-order valence-corrected chi connectivity index (χ0v) is 17.9. The molecular formula is C19H17N5O2S3. The molecule has 1 N–H and O–H groups in total. The Hall–Kier alpha value is -2.56. The zero-order valence-electron chi connectivity index (χ0n) is 15.4. The van der Waals surface area contributed by atoms with Crippen molar-refractivity contribution in [2.24, 2.45) is 5.10 Å². The Bertz CT molecular complexity index is 1030.